The van der Waals surface area contributed by atoms with E-state index in [0.29, 0.717) is 5.92 Å². The van der Waals surface area contributed by atoms with E-state index in [1.54, 1.807) is 0 Å². The highest BCUT2D eigenvalue weighted by molar-refractivity contribution is 4.90. The minimum Gasteiger partial charge on any atom is -0.393 e. The van der Waals surface area contributed by atoms with Gasteiger partial charge in [0.2, 0.25) is 0 Å². The van der Waals surface area contributed by atoms with E-state index in [1.807, 2.05) is 0 Å². The van der Waals surface area contributed by atoms with Crippen LogP contribution >= 0.6 is 0 Å². The number of hydrogen-bond acceptors (Lipinski definition) is 2. The molecule has 1 aliphatic rings. The molecule has 10 heavy (non-hydrogen) atoms. The first-order valence-electron chi connectivity index (χ1n) is 4.06. The summed E-state index contributed by atoms with van der Waals surface area (Å²) in [5, 5.41) is 18.6. The van der Waals surface area contributed by atoms with Gasteiger partial charge in [-0.15, -0.1) is 0 Å². The van der Waals surface area contributed by atoms with Crippen LogP contribution in [0.5, 0.6) is 0 Å². The predicted octanol–water partition coefficient (Wildman–Crippen LogP) is 0.920. The fraction of sp³-hybridized carbons (Fsp3) is 1.00. The first-order chi connectivity index (χ1) is 4.73. The second-order valence-corrected chi connectivity index (χ2v) is 3.26. The van der Waals surface area contributed by atoms with Gasteiger partial charge in [0, 0.05) is 0 Å². The van der Waals surface area contributed by atoms with Crippen molar-refractivity contribution in [2.75, 3.05) is 6.61 Å². The lowest BCUT2D eigenvalue weighted by molar-refractivity contribution is -0.0453. The topological polar surface area (TPSA) is 40.5 Å². The van der Waals surface area contributed by atoms with Gasteiger partial charge in [-0.05, 0) is 18.8 Å². The molecule has 2 unspecified atom stereocenters. The molecule has 1 fully saturated rings. The summed E-state index contributed by atoms with van der Waals surface area (Å²) in [6.07, 6.45) is 3.90. The van der Waals surface area contributed by atoms with Gasteiger partial charge in [0.25, 0.3) is 0 Å². The Morgan fingerprint density at radius 3 is 2.70 bits per heavy atom. The van der Waals surface area contributed by atoms with Gasteiger partial charge in [-0.25, -0.2) is 0 Å². The Kier molecular flexibility index (Phi) is 2.32. The molecule has 1 rings (SSSR count). The molecule has 2 heteroatoms. The molecule has 2 nitrogen and oxygen atoms in total. The van der Waals surface area contributed by atoms with Gasteiger partial charge in [-0.1, -0.05) is 19.8 Å². The van der Waals surface area contributed by atoms with Crippen molar-refractivity contribution in [2.24, 2.45) is 5.92 Å². The molecule has 0 aromatic rings. The molecule has 0 radical (unpaired) electrons. The molecule has 60 valence electrons. The van der Waals surface area contributed by atoms with Crippen LogP contribution < -0.4 is 0 Å². The fourth-order valence-electron chi connectivity index (χ4n) is 1.92. The Hall–Kier alpha value is -0.0800. The van der Waals surface area contributed by atoms with Crippen LogP contribution in [0.3, 0.4) is 0 Å². The summed E-state index contributed by atoms with van der Waals surface area (Å²) in [7, 11) is 0. The van der Waals surface area contributed by atoms with Gasteiger partial charge in [0.1, 0.15) is 0 Å². The van der Waals surface area contributed by atoms with Crippen molar-refractivity contribution in [3.8, 4) is 0 Å². The summed E-state index contributed by atoms with van der Waals surface area (Å²) in [6.45, 7) is 2.00. The van der Waals surface area contributed by atoms with Gasteiger partial charge in [-0.3, -0.25) is 0 Å². The predicted molar refractivity (Wildman–Crippen MR) is 39.7 cm³/mol. The van der Waals surface area contributed by atoms with Crippen LogP contribution in [-0.2, 0) is 0 Å². The molecular weight excluding hydrogens is 128 g/mol. The SMILES string of the molecule is CCC1CCCC1(O)CO. The highest BCUT2D eigenvalue weighted by Crippen LogP contribution is 2.36. The number of hydrogen-bond donors (Lipinski definition) is 2. The monoisotopic (exact) mass is 144 g/mol. The third-order valence-corrected chi connectivity index (χ3v) is 2.69. The Morgan fingerprint density at radius 1 is 1.60 bits per heavy atom. The van der Waals surface area contributed by atoms with Crippen molar-refractivity contribution >= 4 is 0 Å². The third kappa shape index (κ3) is 1.18. The third-order valence-electron chi connectivity index (χ3n) is 2.69. The largest absolute Gasteiger partial charge is 0.393 e. The normalized spacial score (nSPS) is 40.5. The van der Waals surface area contributed by atoms with E-state index < -0.39 is 5.60 Å². The van der Waals surface area contributed by atoms with Crippen LogP contribution in [0.2, 0.25) is 0 Å². The molecule has 0 bridgehead atoms. The Balaban J connectivity index is 2.56. The summed E-state index contributed by atoms with van der Waals surface area (Å²) >= 11 is 0. The minimum absolute atomic E-state index is 0.0640. The second kappa shape index (κ2) is 2.89. The van der Waals surface area contributed by atoms with Gasteiger partial charge in [-0.2, -0.15) is 0 Å². The van der Waals surface area contributed by atoms with Crippen LogP contribution in [0.25, 0.3) is 0 Å². The van der Waals surface area contributed by atoms with E-state index >= 15 is 0 Å². The van der Waals surface area contributed by atoms with E-state index in [9.17, 15) is 5.11 Å². The standard InChI is InChI=1S/C8H16O2/c1-2-7-4-3-5-8(7,10)6-9/h7,9-10H,2-6H2,1H3. The highest BCUT2D eigenvalue weighted by Gasteiger charge is 2.38. The molecule has 0 amide bonds. The lowest BCUT2D eigenvalue weighted by atomic mass is 9.90. The van der Waals surface area contributed by atoms with Gasteiger partial charge < -0.3 is 10.2 Å². The zero-order valence-corrected chi connectivity index (χ0v) is 6.51. The number of aliphatic hydroxyl groups is 2. The van der Waals surface area contributed by atoms with Crippen LogP contribution in [-0.4, -0.2) is 22.4 Å². The van der Waals surface area contributed by atoms with Crippen LogP contribution in [0.15, 0.2) is 0 Å². The molecule has 1 aliphatic carbocycles. The summed E-state index contributed by atoms with van der Waals surface area (Å²) in [6, 6.07) is 0. The van der Waals surface area contributed by atoms with Crippen LogP contribution in [0.1, 0.15) is 32.6 Å². The van der Waals surface area contributed by atoms with Gasteiger partial charge in [0.15, 0.2) is 0 Å². The zero-order chi connectivity index (χ0) is 7.61. The summed E-state index contributed by atoms with van der Waals surface area (Å²) in [5.41, 5.74) is -0.741. The smallest absolute Gasteiger partial charge is 0.0905 e. The molecule has 1 saturated carbocycles. The maximum atomic E-state index is 9.71. The quantitative estimate of drug-likeness (QED) is 0.605. The molecule has 0 saturated heterocycles. The van der Waals surface area contributed by atoms with Crippen molar-refractivity contribution in [2.45, 2.75) is 38.2 Å². The molecular formula is C8H16O2. The molecule has 0 spiro atoms. The van der Waals surface area contributed by atoms with Crippen molar-refractivity contribution in [1.29, 1.82) is 0 Å². The van der Waals surface area contributed by atoms with E-state index in [-0.39, 0.29) is 6.61 Å². The Bertz CT molecular complexity index is 114. The van der Waals surface area contributed by atoms with Crippen LogP contribution in [0, 0.1) is 5.92 Å². The highest BCUT2D eigenvalue weighted by atomic mass is 16.3. The molecule has 2 atom stereocenters. The van der Waals surface area contributed by atoms with E-state index in [2.05, 4.69) is 6.92 Å². The van der Waals surface area contributed by atoms with Gasteiger partial charge >= 0.3 is 0 Å². The first-order valence-corrected chi connectivity index (χ1v) is 4.06. The average Bonchev–Trinajstić information content (AvgIpc) is 2.32. The van der Waals surface area contributed by atoms with Crippen molar-refractivity contribution in [1.82, 2.24) is 0 Å². The van der Waals surface area contributed by atoms with Crippen molar-refractivity contribution in [3.63, 3.8) is 0 Å². The number of rotatable bonds is 2. The maximum Gasteiger partial charge on any atom is 0.0905 e. The lowest BCUT2D eigenvalue weighted by Gasteiger charge is -2.26. The zero-order valence-electron chi connectivity index (χ0n) is 6.51. The molecule has 0 aromatic carbocycles. The molecule has 0 heterocycles. The van der Waals surface area contributed by atoms with E-state index in [0.717, 1.165) is 25.7 Å². The van der Waals surface area contributed by atoms with Crippen molar-refractivity contribution < 1.29 is 10.2 Å². The molecule has 0 aromatic heterocycles. The first kappa shape index (κ1) is 8.02. The maximum absolute atomic E-state index is 9.71. The fourth-order valence-corrected chi connectivity index (χ4v) is 1.92. The van der Waals surface area contributed by atoms with Crippen molar-refractivity contribution in [3.05, 3.63) is 0 Å². The molecule has 0 aliphatic heterocycles. The summed E-state index contributed by atoms with van der Waals surface area (Å²) in [5.74, 6) is 0.331. The van der Waals surface area contributed by atoms with Gasteiger partial charge in [0.05, 0.1) is 12.2 Å². The Labute approximate surface area is 61.9 Å². The number of aliphatic hydroxyl groups excluding tert-OH is 1. The Morgan fingerprint density at radius 2 is 2.30 bits per heavy atom. The van der Waals surface area contributed by atoms with Crippen LogP contribution in [0.4, 0.5) is 0 Å². The second-order valence-electron chi connectivity index (χ2n) is 3.26. The van der Waals surface area contributed by atoms with E-state index in [1.165, 1.54) is 0 Å². The summed E-state index contributed by atoms with van der Waals surface area (Å²) < 4.78 is 0. The van der Waals surface area contributed by atoms with E-state index in [4.69, 9.17) is 5.11 Å². The summed E-state index contributed by atoms with van der Waals surface area (Å²) in [4.78, 5) is 0. The molecule has 2 N–H and O–H groups in total. The lowest BCUT2D eigenvalue weighted by Crippen LogP contribution is -2.36. The minimum atomic E-state index is -0.741. The average molecular weight is 144 g/mol.